The number of esters is 1. The monoisotopic (exact) mass is 461 g/mol. The number of rotatable bonds is 7. The Labute approximate surface area is 186 Å². The highest BCUT2D eigenvalue weighted by Crippen LogP contribution is 2.50. The number of ketones is 1. The molecule has 0 spiro atoms. The van der Waals surface area contributed by atoms with E-state index in [4.69, 9.17) is 9.47 Å². The zero-order valence-corrected chi connectivity index (χ0v) is 18.6. The number of aryl methyl sites for hydroxylation is 1. The Morgan fingerprint density at radius 3 is 2.61 bits per heavy atom. The molecule has 3 heterocycles. The second-order valence-electron chi connectivity index (χ2n) is 6.78. The van der Waals surface area contributed by atoms with Crippen molar-refractivity contribution in [2.24, 2.45) is 7.05 Å². The molecule has 3 atom stereocenters. The third-order valence-electron chi connectivity index (χ3n) is 4.82. The molecular formula is C19H19N5O5S2. The smallest absolute Gasteiger partial charge is 0.302 e. The van der Waals surface area contributed by atoms with Crippen molar-refractivity contribution >= 4 is 41.2 Å². The van der Waals surface area contributed by atoms with Gasteiger partial charge >= 0.3 is 5.97 Å². The first-order chi connectivity index (χ1) is 14.9. The van der Waals surface area contributed by atoms with Gasteiger partial charge in [-0.2, -0.15) is 0 Å². The Morgan fingerprint density at radius 1 is 1.26 bits per heavy atom. The largest absolute Gasteiger partial charge is 0.461 e. The molecule has 1 saturated heterocycles. The van der Waals surface area contributed by atoms with Crippen LogP contribution in [0.25, 0.3) is 0 Å². The number of hydrogen-bond acceptors (Lipinski definition) is 10. The molecule has 0 aliphatic carbocycles. The number of hydrogen-bond donors (Lipinski definition) is 0. The minimum absolute atomic E-state index is 0.132. The molecule has 12 heteroatoms. The molecule has 1 aromatic carbocycles. The summed E-state index contributed by atoms with van der Waals surface area (Å²) < 4.78 is 11.8. The van der Waals surface area contributed by atoms with E-state index in [0.717, 1.165) is 0 Å². The van der Waals surface area contributed by atoms with Gasteiger partial charge in [0, 0.05) is 32.2 Å². The van der Waals surface area contributed by atoms with Crippen LogP contribution in [-0.2, 0) is 26.1 Å². The number of nitrogens with zero attached hydrogens (tertiary/aromatic N) is 5. The summed E-state index contributed by atoms with van der Waals surface area (Å²) in [5.41, 5.74) is 1.16. The minimum atomic E-state index is -0.667. The molecule has 0 saturated carbocycles. The summed E-state index contributed by atoms with van der Waals surface area (Å²) in [6.07, 6.45) is -0.667. The van der Waals surface area contributed by atoms with Crippen molar-refractivity contribution in [2.45, 2.75) is 28.1 Å². The summed E-state index contributed by atoms with van der Waals surface area (Å²) >= 11 is 2.76. The van der Waals surface area contributed by atoms with Crippen molar-refractivity contribution in [2.75, 3.05) is 13.7 Å². The molecule has 4 rings (SSSR count). The summed E-state index contributed by atoms with van der Waals surface area (Å²) in [6.45, 7) is 1.16. The molecule has 2 aromatic rings. The van der Waals surface area contributed by atoms with Crippen molar-refractivity contribution in [1.29, 1.82) is 0 Å². The van der Waals surface area contributed by atoms with Gasteiger partial charge in [0.25, 0.3) is 5.91 Å². The molecular weight excluding hydrogens is 442 g/mol. The zero-order chi connectivity index (χ0) is 22.1. The lowest BCUT2D eigenvalue weighted by molar-refractivity contribution is -0.158. The molecule has 2 aliphatic rings. The Bertz CT molecular complexity index is 1060. The maximum atomic E-state index is 13.5. The zero-order valence-electron chi connectivity index (χ0n) is 16.9. The predicted octanol–water partition coefficient (Wildman–Crippen LogP) is 1.26. The maximum absolute atomic E-state index is 13.5. The van der Waals surface area contributed by atoms with Gasteiger partial charge in [-0.15, -0.1) is 16.9 Å². The lowest BCUT2D eigenvalue weighted by atomic mass is 9.98. The van der Waals surface area contributed by atoms with Gasteiger partial charge in [0.15, 0.2) is 6.10 Å². The van der Waals surface area contributed by atoms with E-state index in [0.29, 0.717) is 16.3 Å². The molecule has 31 heavy (non-hydrogen) atoms. The fraction of sp³-hybridized carbons (Fsp3) is 0.368. The fourth-order valence-electron chi connectivity index (χ4n) is 3.31. The molecule has 0 radical (unpaired) electrons. The summed E-state index contributed by atoms with van der Waals surface area (Å²) in [7, 11) is 3.17. The van der Waals surface area contributed by atoms with Crippen LogP contribution in [0.15, 0.2) is 46.8 Å². The van der Waals surface area contributed by atoms with Crippen LogP contribution in [0.5, 0.6) is 0 Å². The van der Waals surface area contributed by atoms with Crippen LogP contribution in [0.2, 0.25) is 0 Å². The number of benzene rings is 1. The Hall–Kier alpha value is -2.70. The van der Waals surface area contributed by atoms with Crippen LogP contribution in [0, 0.1) is 0 Å². The van der Waals surface area contributed by atoms with Crippen LogP contribution in [-0.4, -0.2) is 72.5 Å². The maximum Gasteiger partial charge on any atom is 0.302 e. The number of carbonyl (C=O) groups excluding carboxylic acids is 3. The number of methoxy groups -OCH3 is 1. The third kappa shape index (κ3) is 3.98. The normalized spacial score (nSPS) is 22.7. The van der Waals surface area contributed by atoms with Gasteiger partial charge in [-0.3, -0.25) is 19.3 Å². The van der Waals surface area contributed by atoms with Crippen molar-refractivity contribution in [3.05, 3.63) is 47.2 Å². The van der Waals surface area contributed by atoms with E-state index in [1.807, 2.05) is 0 Å². The molecule has 1 amide bonds. The van der Waals surface area contributed by atoms with Crippen molar-refractivity contribution < 1.29 is 23.9 Å². The Balaban J connectivity index is 1.81. The number of Topliss-reactive ketones (excluding diaryl/α,β-unsaturated/α-hetero) is 1. The predicted molar refractivity (Wildman–Crippen MR) is 112 cm³/mol. The lowest BCUT2D eigenvalue weighted by Crippen LogP contribution is -2.66. The van der Waals surface area contributed by atoms with Gasteiger partial charge in [0.05, 0.1) is 10.3 Å². The molecule has 2 aliphatic heterocycles. The van der Waals surface area contributed by atoms with Crippen LogP contribution < -0.4 is 0 Å². The van der Waals surface area contributed by atoms with Gasteiger partial charge in [-0.25, -0.2) is 4.68 Å². The highest BCUT2D eigenvalue weighted by atomic mass is 32.2. The fourth-order valence-corrected chi connectivity index (χ4v) is 6.22. The van der Waals surface area contributed by atoms with E-state index < -0.39 is 12.1 Å². The standard InChI is InChI=1S/C19H19N5O5S2/c1-10(25)29-9-12-13(14(26)11-7-5-4-6-8-11)24-16(27)15(28-3)17(24)30-18(12)31-19-20-21-22-23(19)2/h4-8,15,17-18H,9H2,1-3H3/t15-,17-,18?/m0/s1. The number of allylic oxidation sites excluding steroid dienone is 1. The van der Waals surface area contributed by atoms with E-state index >= 15 is 0 Å². The summed E-state index contributed by atoms with van der Waals surface area (Å²) in [6, 6.07) is 8.68. The average Bonchev–Trinajstić information content (AvgIpc) is 3.16. The number of thioether (sulfide) groups is 2. The number of fused-ring (bicyclic) bond motifs is 1. The molecule has 162 valence electrons. The van der Waals surface area contributed by atoms with Crippen LogP contribution in [0.3, 0.4) is 0 Å². The van der Waals surface area contributed by atoms with Gasteiger partial charge in [-0.05, 0) is 10.4 Å². The molecule has 1 unspecified atom stereocenters. The van der Waals surface area contributed by atoms with Crippen LogP contribution in [0.1, 0.15) is 17.3 Å². The SMILES string of the molecule is CO[C@H]1C(=O)N2C(C(=O)c3ccccc3)=C(COC(C)=O)C(Sc3nnnn3C)S[C@@H]12. The van der Waals surface area contributed by atoms with Crippen LogP contribution in [0.4, 0.5) is 0 Å². The van der Waals surface area contributed by atoms with E-state index in [1.54, 1.807) is 37.4 Å². The first kappa shape index (κ1) is 21.5. The first-order valence-corrected chi connectivity index (χ1v) is 11.1. The second kappa shape index (κ2) is 8.81. The topological polar surface area (TPSA) is 117 Å². The number of aromatic nitrogens is 4. The van der Waals surface area contributed by atoms with E-state index in [9.17, 15) is 14.4 Å². The summed E-state index contributed by atoms with van der Waals surface area (Å²) in [5, 5.41) is 11.6. The number of carbonyl (C=O) groups is 3. The van der Waals surface area contributed by atoms with Gasteiger partial charge in [0.2, 0.25) is 10.9 Å². The Morgan fingerprint density at radius 2 is 2.00 bits per heavy atom. The number of amides is 1. The molecule has 0 bridgehead atoms. The number of β-lactam (4-membered cyclic amide) rings is 1. The van der Waals surface area contributed by atoms with Crippen LogP contribution >= 0.6 is 23.5 Å². The average molecular weight is 462 g/mol. The molecule has 1 aromatic heterocycles. The quantitative estimate of drug-likeness (QED) is 0.339. The van der Waals surface area contributed by atoms with Gasteiger partial charge in [-0.1, -0.05) is 42.1 Å². The second-order valence-corrected chi connectivity index (χ2v) is 9.37. The highest BCUT2D eigenvalue weighted by molar-refractivity contribution is 8.17. The Kier molecular flexibility index (Phi) is 6.12. The van der Waals surface area contributed by atoms with Gasteiger partial charge in [0.1, 0.15) is 12.0 Å². The van der Waals surface area contributed by atoms with E-state index in [-0.39, 0.29) is 34.0 Å². The number of tetrazole rings is 1. The van der Waals surface area contributed by atoms with Crippen molar-refractivity contribution in [3.8, 4) is 0 Å². The van der Waals surface area contributed by atoms with Crippen molar-refractivity contribution in [3.63, 3.8) is 0 Å². The molecule has 10 nitrogen and oxygen atoms in total. The summed E-state index contributed by atoms with van der Waals surface area (Å²) in [4.78, 5) is 39.3. The molecule has 0 N–H and O–H groups in total. The van der Waals surface area contributed by atoms with Gasteiger partial charge < -0.3 is 9.47 Å². The first-order valence-electron chi connectivity index (χ1n) is 9.29. The molecule has 1 fully saturated rings. The third-order valence-corrected chi connectivity index (χ3v) is 7.76. The van der Waals surface area contributed by atoms with E-state index in [2.05, 4.69) is 15.5 Å². The minimum Gasteiger partial charge on any atom is -0.461 e. The summed E-state index contributed by atoms with van der Waals surface area (Å²) in [5.74, 6) is -1.11. The lowest BCUT2D eigenvalue weighted by Gasteiger charge is -2.51. The van der Waals surface area contributed by atoms with E-state index in [1.165, 1.54) is 47.1 Å². The van der Waals surface area contributed by atoms with Crippen molar-refractivity contribution in [1.82, 2.24) is 25.1 Å². The highest BCUT2D eigenvalue weighted by Gasteiger charge is 2.56. The number of ether oxygens (including phenoxy) is 2.